The summed E-state index contributed by atoms with van der Waals surface area (Å²) in [6.45, 7) is 4.17. The van der Waals surface area contributed by atoms with Gasteiger partial charge in [0.15, 0.2) is 5.92 Å². The van der Waals surface area contributed by atoms with Crippen LogP contribution in [0.3, 0.4) is 0 Å². The molecule has 1 aromatic rings. The summed E-state index contributed by atoms with van der Waals surface area (Å²) in [4.78, 5) is 23.2. The average molecular weight is 306 g/mol. The van der Waals surface area contributed by atoms with E-state index >= 15 is 0 Å². The van der Waals surface area contributed by atoms with E-state index in [0.717, 1.165) is 5.56 Å². The van der Waals surface area contributed by atoms with Crippen molar-refractivity contribution in [3.8, 4) is 0 Å². The minimum absolute atomic E-state index is 0.253. The summed E-state index contributed by atoms with van der Waals surface area (Å²) >= 11 is 0. The molecule has 120 valence electrons. The first-order valence-corrected chi connectivity index (χ1v) is 7.06. The number of esters is 2. The third-order valence-corrected chi connectivity index (χ3v) is 3.28. The lowest BCUT2D eigenvalue weighted by Crippen LogP contribution is -2.27. The highest BCUT2D eigenvalue weighted by Crippen LogP contribution is 2.16. The van der Waals surface area contributed by atoms with Crippen LogP contribution in [-0.2, 0) is 30.4 Å². The van der Waals surface area contributed by atoms with E-state index in [1.165, 1.54) is 14.2 Å². The van der Waals surface area contributed by atoms with Crippen LogP contribution in [0.4, 0.5) is 0 Å². The second kappa shape index (κ2) is 9.73. The first-order chi connectivity index (χ1) is 10.6. The van der Waals surface area contributed by atoms with Gasteiger partial charge in [0.25, 0.3) is 0 Å². The van der Waals surface area contributed by atoms with E-state index in [1.807, 2.05) is 30.3 Å². The molecule has 0 radical (unpaired) electrons. The van der Waals surface area contributed by atoms with Gasteiger partial charge in [-0.1, -0.05) is 36.4 Å². The van der Waals surface area contributed by atoms with Gasteiger partial charge in [0, 0.05) is 0 Å². The molecule has 0 N–H and O–H groups in total. The van der Waals surface area contributed by atoms with Gasteiger partial charge in [-0.2, -0.15) is 0 Å². The molecule has 0 fully saturated rings. The monoisotopic (exact) mass is 306 g/mol. The summed E-state index contributed by atoms with van der Waals surface area (Å²) < 4.78 is 15.0. The molecule has 0 saturated heterocycles. The Morgan fingerprint density at radius 3 is 2.18 bits per heavy atom. The molecule has 0 aliphatic rings. The minimum atomic E-state index is -0.933. The van der Waals surface area contributed by atoms with E-state index in [0.29, 0.717) is 13.0 Å². The van der Waals surface area contributed by atoms with E-state index in [9.17, 15) is 9.59 Å². The lowest BCUT2D eigenvalue weighted by Gasteiger charge is -2.17. The topological polar surface area (TPSA) is 61.8 Å². The largest absolute Gasteiger partial charge is 0.468 e. The van der Waals surface area contributed by atoms with Crippen LogP contribution < -0.4 is 0 Å². The summed E-state index contributed by atoms with van der Waals surface area (Å²) in [7, 11) is 2.49. The smallest absolute Gasteiger partial charge is 0.320 e. The van der Waals surface area contributed by atoms with Gasteiger partial charge in [-0.15, -0.1) is 6.58 Å². The van der Waals surface area contributed by atoms with E-state index < -0.39 is 17.9 Å². The second-order valence-corrected chi connectivity index (χ2v) is 4.75. The fraction of sp³-hybridized carbons (Fsp3) is 0.412. The lowest BCUT2D eigenvalue weighted by atomic mass is 10.0. The van der Waals surface area contributed by atoms with Crippen LogP contribution in [0.25, 0.3) is 0 Å². The lowest BCUT2D eigenvalue weighted by molar-refractivity contribution is -0.159. The van der Waals surface area contributed by atoms with Gasteiger partial charge in [0.2, 0.25) is 0 Å². The Bertz CT molecular complexity index is 467. The molecule has 1 rings (SSSR count). The molecule has 5 heteroatoms. The summed E-state index contributed by atoms with van der Waals surface area (Å²) in [6.07, 6.45) is 2.17. The number of methoxy groups -OCH3 is 2. The third-order valence-electron chi connectivity index (χ3n) is 3.28. The Balaban J connectivity index is 2.52. The van der Waals surface area contributed by atoms with Crippen LogP contribution in [-0.4, -0.2) is 32.3 Å². The van der Waals surface area contributed by atoms with Crippen molar-refractivity contribution in [1.29, 1.82) is 0 Å². The third kappa shape index (κ3) is 5.69. The molecule has 1 aromatic carbocycles. The number of hydrogen-bond donors (Lipinski definition) is 0. The first kappa shape index (κ1) is 17.9. The summed E-state index contributed by atoms with van der Waals surface area (Å²) in [5.41, 5.74) is 1.05. The van der Waals surface area contributed by atoms with Crippen molar-refractivity contribution in [2.45, 2.75) is 25.6 Å². The van der Waals surface area contributed by atoms with Gasteiger partial charge in [-0.3, -0.25) is 9.59 Å². The van der Waals surface area contributed by atoms with Crippen molar-refractivity contribution in [2.24, 2.45) is 5.92 Å². The van der Waals surface area contributed by atoms with Crippen molar-refractivity contribution >= 4 is 11.9 Å². The molecule has 22 heavy (non-hydrogen) atoms. The van der Waals surface area contributed by atoms with E-state index in [4.69, 9.17) is 4.74 Å². The van der Waals surface area contributed by atoms with Crippen molar-refractivity contribution in [1.82, 2.24) is 0 Å². The quantitative estimate of drug-likeness (QED) is 0.398. The maximum Gasteiger partial charge on any atom is 0.320 e. The van der Waals surface area contributed by atoms with Crippen LogP contribution >= 0.6 is 0 Å². The highest BCUT2D eigenvalue weighted by Gasteiger charge is 2.29. The number of benzene rings is 1. The molecule has 0 heterocycles. The molecule has 0 saturated carbocycles. The fourth-order valence-electron chi connectivity index (χ4n) is 1.99. The maximum atomic E-state index is 11.6. The van der Waals surface area contributed by atoms with Crippen LogP contribution in [0.1, 0.15) is 18.4 Å². The predicted octanol–water partition coefficient (Wildman–Crippen LogP) is 2.50. The number of hydrogen-bond acceptors (Lipinski definition) is 5. The van der Waals surface area contributed by atoms with Crippen LogP contribution in [0.15, 0.2) is 43.0 Å². The van der Waals surface area contributed by atoms with Gasteiger partial charge in [-0.25, -0.2) is 0 Å². The Morgan fingerprint density at radius 1 is 1.09 bits per heavy atom. The Kier molecular flexibility index (Phi) is 7.92. The van der Waals surface area contributed by atoms with Crippen molar-refractivity contribution in [3.63, 3.8) is 0 Å². The van der Waals surface area contributed by atoms with E-state index in [-0.39, 0.29) is 12.5 Å². The maximum absolute atomic E-state index is 11.6. The number of carbonyl (C=O) groups excluding carboxylic acids is 2. The van der Waals surface area contributed by atoms with Gasteiger partial charge in [0.05, 0.1) is 26.9 Å². The summed E-state index contributed by atoms with van der Waals surface area (Å²) in [5, 5.41) is 0. The summed E-state index contributed by atoms with van der Waals surface area (Å²) in [6, 6.07) is 9.74. The second-order valence-electron chi connectivity index (χ2n) is 4.75. The van der Waals surface area contributed by atoms with E-state index in [1.54, 1.807) is 6.08 Å². The molecule has 0 spiro atoms. The van der Waals surface area contributed by atoms with Crippen LogP contribution in [0, 0.1) is 5.92 Å². The van der Waals surface area contributed by atoms with Gasteiger partial charge in [-0.05, 0) is 18.4 Å². The number of rotatable bonds is 9. The van der Waals surface area contributed by atoms with Gasteiger partial charge in [0.1, 0.15) is 0 Å². The minimum Gasteiger partial charge on any atom is -0.468 e. The first-order valence-electron chi connectivity index (χ1n) is 7.06. The van der Waals surface area contributed by atoms with Gasteiger partial charge < -0.3 is 14.2 Å². The van der Waals surface area contributed by atoms with Crippen molar-refractivity contribution < 1.29 is 23.8 Å². The van der Waals surface area contributed by atoms with Crippen molar-refractivity contribution in [3.05, 3.63) is 48.6 Å². The Labute approximate surface area is 130 Å². The summed E-state index contributed by atoms with van der Waals surface area (Å²) in [5.74, 6) is -2.13. The van der Waals surface area contributed by atoms with Crippen molar-refractivity contribution in [2.75, 3.05) is 14.2 Å². The Hall–Kier alpha value is -2.14. The molecule has 1 unspecified atom stereocenters. The molecule has 0 aliphatic carbocycles. The predicted molar refractivity (Wildman–Crippen MR) is 82.0 cm³/mol. The zero-order valence-electron chi connectivity index (χ0n) is 13.0. The van der Waals surface area contributed by atoms with Crippen LogP contribution in [0.2, 0.25) is 0 Å². The zero-order chi connectivity index (χ0) is 16.4. The molecule has 0 aromatic heterocycles. The standard InChI is InChI=1S/C17H22O5/c1-4-14(22-12-13-8-6-5-7-9-13)10-11-15(16(18)20-2)17(19)21-3/h4-9,14-15H,1,10-12H2,2-3H3. The number of ether oxygens (including phenoxy) is 3. The molecular formula is C17H22O5. The Morgan fingerprint density at radius 2 is 1.68 bits per heavy atom. The highest BCUT2D eigenvalue weighted by atomic mass is 16.5. The molecular weight excluding hydrogens is 284 g/mol. The highest BCUT2D eigenvalue weighted by molar-refractivity contribution is 5.94. The zero-order valence-corrected chi connectivity index (χ0v) is 13.0. The molecule has 5 nitrogen and oxygen atoms in total. The molecule has 0 bridgehead atoms. The van der Waals surface area contributed by atoms with E-state index in [2.05, 4.69) is 16.1 Å². The van der Waals surface area contributed by atoms with Gasteiger partial charge >= 0.3 is 11.9 Å². The molecule has 1 atom stereocenters. The van der Waals surface area contributed by atoms with Crippen LogP contribution in [0.5, 0.6) is 0 Å². The molecule has 0 aliphatic heterocycles. The average Bonchev–Trinajstić information content (AvgIpc) is 2.57. The number of carbonyl (C=O) groups is 2. The SMILES string of the molecule is C=CC(CCC(C(=O)OC)C(=O)OC)OCc1ccccc1. The molecule has 0 amide bonds. The fourth-order valence-corrected chi connectivity index (χ4v) is 1.99. The normalized spacial score (nSPS) is 11.8.